The normalized spacial score (nSPS) is 12.5. The number of aryl methyl sites for hydroxylation is 3. The number of nitrogens with one attached hydrogen (secondary N) is 2. The average Bonchev–Trinajstić information content (AvgIpc) is 3.13. The average molecular weight is 408 g/mol. The van der Waals surface area contributed by atoms with Crippen LogP contribution in [0.5, 0.6) is 0 Å². The van der Waals surface area contributed by atoms with Gasteiger partial charge in [0.15, 0.2) is 0 Å². The largest absolute Gasteiger partial charge is 0.350 e. The number of thiophene rings is 2. The maximum atomic E-state index is 12.3. The van der Waals surface area contributed by atoms with E-state index in [1.807, 2.05) is 33.1 Å². The van der Waals surface area contributed by atoms with Gasteiger partial charge in [0.05, 0.1) is 22.9 Å². The third-order valence-electron chi connectivity index (χ3n) is 4.32. The van der Waals surface area contributed by atoms with Crippen molar-refractivity contribution in [3.8, 4) is 0 Å². The molecule has 3 heterocycles. The van der Waals surface area contributed by atoms with Crippen molar-refractivity contribution >= 4 is 50.6 Å². The minimum atomic E-state index is -0.219. The minimum Gasteiger partial charge on any atom is -0.350 e. The summed E-state index contributed by atoms with van der Waals surface area (Å²) < 4.78 is 0. The third kappa shape index (κ3) is 4.02. The molecular weight excluding hydrogens is 386 g/mol. The number of nitrogens with zero attached hydrogens (tertiary/aromatic N) is 1. The van der Waals surface area contributed by atoms with E-state index in [2.05, 4.69) is 21.4 Å². The van der Waals surface area contributed by atoms with Gasteiger partial charge in [-0.25, -0.2) is 4.98 Å². The molecule has 2 N–H and O–H groups in total. The van der Waals surface area contributed by atoms with Gasteiger partial charge in [0.25, 0.3) is 5.56 Å². The van der Waals surface area contributed by atoms with Gasteiger partial charge in [-0.2, -0.15) is 0 Å². The number of H-pyrrole nitrogens is 1. The van der Waals surface area contributed by atoms with Crippen molar-refractivity contribution in [1.82, 2.24) is 15.3 Å². The van der Waals surface area contributed by atoms with Crippen LogP contribution in [0.15, 0.2) is 16.2 Å². The summed E-state index contributed by atoms with van der Waals surface area (Å²) in [5.74, 6) is 1.10. The van der Waals surface area contributed by atoms with Crippen molar-refractivity contribution in [2.75, 3.05) is 0 Å². The molecule has 138 valence electrons. The van der Waals surface area contributed by atoms with Crippen molar-refractivity contribution in [2.24, 2.45) is 0 Å². The van der Waals surface area contributed by atoms with Gasteiger partial charge in [-0.1, -0.05) is 0 Å². The number of rotatable bonds is 6. The SMILES string of the molecule is Cc1ccsc1CNC(=O)C(C)SCc1nc2sc(C)c(C)c2c(=O)[nH]1. The van der Waals surface area contributed by atoms with Crippen LogP contribution in [-0.2, 0) is 17.1 Å². The van der Waals surface area contributed by atoms with E-state index in [0.29, 0.717) is 23.5 Å². The molecule has 0 aliphatic carbocycles. The van der Waals surface area contributed by atoms with Crippen molar-refractivity contribution in [3.05, 3.63) is 48.5 Å². The van der Waals surface area contributed by atoms with Crippen LogP contribution in [-0.4, -0.2) is 21.1 Å². The Hall–Kier alpha value is -1.64. The van der Waals surface area contributed by atoms with E-state index in [0.717, 1.165) is 15.3 Å². The zero-order valence-corrected chi connectivity index (χ0v) is 17.6. The number of aromatic amines is 1. The molecule has 0 saturated carbocycles. The molecule has 0 spiro atoms. The molecular formula is C18H21N3O2S3. The molecule has 3 rings (SSSR count). The number of hydrogen-bond donors (Lipinski definition) is 2. The Bertz CT molecular complexity index is 1000. The van der Waals surface area contributed by atoms with E-state index in [1.54, 1.807) is 11.3 Å². The molecule has 1 unspecified atom stereocenters. The Morgan fingerprint density at radius 3 is 2.85 bits per heavy atom. The van der Waals surface area contributed by atoms with Gasteiger partial charge in [-0.05, 0) is 50.3 Å². The number of aromatic nitrogens is 2. The molecule has 5 nitrogen and oxygen atoms in total. The number of amides is 1. The second-order valence-electron chi connectivity index (χ2n) is 6.17. The lowest BCUT2D eigenvalue weighted by Crippen LogP contribution is -2.30. The molecule has 1 atom stereocenters. The first-order chi connectivity index (χ1) is 12.4. The highest BCUT2D eigenvalue weighted by Gasteiger charge is 2.16. The van der Waals surface area contributed by atoms with Crippen LogP contribution in [0.3, 0.4) is 0 Å². The van der Waals surface area contributed by atoms with E-state index in [4.69, 9.17) is 0 Å². The summed E-state index contributed by atoms with van der Waals surface area (Å²) in [7, 11) is 0. The Morgan fingerprint density at radius 1 is 1.38 bits per heavy atom. The zero-order chi connectivity index (χ0) is 18.8. The Labute approximate surface area is 164 Å². The number of hydrogen-bond acceptors (Lipinski definition) is 6. The number of thioether (sulfide) groups is 1. The molecule has 1 amide bonds. The molecule has 3 aromatic rings. The molecule has 3 aromatic heterocycles. The van der Waals surface area contributed by atoms with Crippen LogP contribution in [0, 0.1) is 20.8 Å². The zero-order valence-electron chi connectivity index (χ0n) is 15.1. The quantitative estimate of drug-likeness (QED) is 0.650. The highest BCUT2D eigenvalue weighted by Crippen LogP contribution is 2.26. The Morgan fingerprint density at radius 2 is 2.15 bits per heavy atom. The van der Waals surface area contributed by atoms with Crippen LogP contribution in [0.25, 0.3) is 10.2 Å². The first-order valence-corrected chi connectivity index (χ1v) is 11.0. The molecule has 0 aliphatic rings. The fourth-order valence-corrected chi connectivity index (χ4v) is 5.22. The lowest BCUT2D eigenvalue weighted by atomic mass is 10.2. The van der Waals surface area contributed by atoms with Gasteiger partial charge < -0.3 is 10.3 Å². The Kier molecular flexibility index (Phi) is 5.84. The predicted molar refractivity (Wildman–Crippen MR) is 111 cm³/mol. The molecule has 0 saturated heterocycles. The number of carbonyl (C=O) groups excluding carboxylic acids is 1. The summed E-state index contributed by atoms with van der Waals surface area (Å²) in [6.07, 6.45) is 0. The summed E-state index contributed by atoms with van der Waals surface area (Å²) >= 11 is 4.66. The van der Waals surface area contributed by atoms with Crippen LogP contribution in [0.1, 0.15) is 33.6 Å². The molecule has 0 radical (unpaired) electrons. The Balaban J connectivity index is 1.61. The maximum absolute atomic E-state index is 12.3. The summed E-state index contributed by atoms with van der Waals surface area (Å²) in [5.41, 5.74) is 2.10. The van der Waals surface area contributed by atoms with Crippen molar-refractivity contribution in [3.63, 3.8) is 0 Å². The number of carbonyl (C=O) groups is 1. The van der Waals surface area contributed by atoms with Gasteiger partial charge in [0, 0.05) is 9.75 Å². The van der Waals surface area contributed by atoms with E-state index in [-0.39, 0.29) is 16.7 Å². The molecule has 0 fully saturated rings. The van der Waals surface area contributed by atoms with Gasteiger partial charge >= 0.3 is 0 Å². The lowest BCUT2D eigenvalue weighted by Gasteiger charge is -2.11. The van der Waals surface area contributed by atoms with Crippen LogP contribution >= 0.6 is 34.4 Å². The lowest BCUT2D eigenvalue weighted by molar-refractivity contribution is -0.120. The first kappa shape index (κ1) is 19.1. The number of fused-ring (bicyclic) bond motifs is 1. The summed E-state index contributed by atoms with van der Waals surface area (Å²) in [4.78, 5) is 35.0. The highest BCUT2D eigenvalue weighted by molar-refractivity contribution is 7.99. The summed E-state index contributed by atoms with van der Waals surface area (Å²) in [5, 5.41) is 5.46. The smallest absolute Gasteiger partial charge is 0.259 e. The molecule has 0 aliphatic heterocycles. The fourth-order valence-electron chi connectivity index (χ4n) is 2.54. The molecule has 0 bridgehead atoms. The standard InChI is InChI=1S/C18H21N3O2S3/c1-9-5-6-24-13(9)7-19-16(22)12(4)25-8-14-20-17(23)15-10(2)11(3)26-18(15)21-14/h5-6,12H,7-8H2,1-4H3,(H,19,22)(H,20,21,23). The third-order valence-corrected chi connectivity index (χ3v) is 7.60. The fraction of sp³-hybridized carbons (Fsp3) is 0.389. The first-order valence-electron chi connectivity index (χ1n) is 8.28. The predicted octanol–water partition coefficient (Wildman–Crippen LogP) is 3.91. The monoisotopic (exact) mass is 407 g/mol. The van der Waals surface area contributed by atoms with Gasteiger partial charge in [0.1, 0.15) is 10.7 Å². The topological polar surface area (TPSA) is 74.8 Å². The van der Waals surface area contributed by atoms with Crippen molar-refractivity contribution in [2.45, 2.75) is 45.2 Å². The maximum Gasteiger partial charge on any atom is 0.259 e. The van der Waals surface area contributed by atoms with E-state index in [9.17, 15) is 9.59 Å². The van der Waals surface area contributed by atoms with Crippen molar-refractivity contribution in [1.29, 1.82) is 0 Å². The summed E-state index contributed by atoms with van der Waals surface area (Å²) in [6, 6.07) is 2.05. The molecule has 8 heteroatoms. The second kappa shape index (κ2) is 7.94. The van der Waals surface area contributed by atoms with Crippen molar-refractivity contribution < 1.29 is 4.79 Å². The molecule has 0 aromatic carbocycles. The van der Waals surface area contributed by atoms with E-state index < -0.39 is 0 Å². The van der Waals surface area contributed by atoms with Gasteiger partial charge in [-0.3, -0.25) is 9.59 Å². The van der Waals surface area contributed by atoms with Crippen LogP contribution < -0.4 is 10.9 Å². The van der Waals surface area contributed by atoms with Gasteiger partial charge in [-0.15, -0.1) is 34.4 Å². The minimum absolute atomic E-state index is 0.00552. The molecule has 26 heavy (non-hydrogen) atoms. The van der Waals surface area contributed by atoms with E-state index in [1.165, 1.54) is 33.5 Å². The van der Waals surface area contributed by atoms with Gasteiger partial charge in [0.2, 0.25) is 5.91 Å². The second-order valence-corrected chi connectivity index (χ2v) is 9.71. The summed E-state index contributed by atoms with van der Waals surface area (Å²) in [6.45, 7) is 8.42. The van der Waals surface area contributed by atoms with E-state index >= 15 is 0 Å². The highest BCUT2D eigenvalue weighted by atomic mass is 32.2. The van der Waals surface area contributed by atoms with Crippen LogP contribution in [0.2, 0.25) is 0 Å². The van der Waals surface area contributed by atoms with Crippen LogP contribution in [0.4, 0.5) is 0 Å².